The molecule has 0 bridgehead atoms. The average Bonchev–Trinajstić information content (AvgIpc) is 2.15. The van der Waals surface area contributed by atoms with E-state index in [9.17, 15) is 4.79 Å². The van der Waals surface area contributed by atoms with Gasteiger partial charge in [0.25, 0.3) is 0 Å². The standard InChI is InChI=1S/C11H13NO/c1-7-6-10(12)11(13)9-5-3-2-4-8(7)9/h2-5,7,10H,6,12H2,1H3/t7-,10+/m1/s1. The summed E-state index contributed by atoms with van der Waals surface area (Å²) in [6.07, 6.45) is 0.774. The van der Waals surface area contributed by atoms with Gasteiger partial charge in [-0.05, 0) is 17.9 Å². The molecule has 1 aliphatic rings. The molecule has 0 fully saturated rings. The Bertz CT molecular complexity index is 346. The van der Waals surface area contributed by atoms with Crippen LogP contribution in [0.5, 0.6) is 0 Å². The van der Waals surface area contributed by atoms with E-state index in [4.69, 9.17) is 5.73 Å². The number of carbonyl (C=O) groups excluding carboxylic acids is 1. The van der Waals surface area contributed by atoms with Gasteiger partial charge < -0.3 is 5.73 Å². The molecule has 2 rings (SSSR count). The van der Waals surface area contributed by atoms with Crippen LogP contribution >= 0.6 is 0 Å². The molecule has 0 radical (unpaired) electrons. The zero-order valence-corrected chi connectivity index (χ0v) is 7.66. The highest BCUT2D eigenvalue weighted by atomic mass is 16.1. The number of Topliss-reactive ketones (excluding diaryl/α,β-unsaturated/α-hetero) is 1. The zero-order chi connectivity index (χ0) is 9.42. The number of carbonyl (C=O) groups is 1. The molecule has 0 saturated heterocycles. The third-order valence-electron chi connectivity index (χ3n) is 2.70. The van der Waals surface area contributed by atoms with Crippen molar-refractivity contribution in [2.75, 3.05) is 0 Å². The SMILES string of the molecule is C[C@@H]1C[C@H](N)C(=O)c2ccccc21. The summed E-state index contributed by atoms with van der Waals surface area (Å²) in [5.41, 5.74) is 7.70. The first-order valence-corrected chi connectivity index (χ1v) is 4.59. The van der Waals surface area contributed by atoms with Crippen LogP contribution in [0.3, 0.4) is 0 Å². The number of nitrogens with two attached hydrogens (primary N) is 1. The van der Waals surface area contributed by atoms with E-state index in [-0.39, 0.29) is 11.8 Å². The predicted molar refractivity (Wildman–Crippen MR) is 51.8 cm³/mol. The zero-order valence-electron chi connectivity index (χ0n) is 7.66. The highest BCUT2D eigenvalue weighted by Crippen LogP contribution is 2.29. The van der Waals surface area contributed by atoms with Crippen LogP contribution < -0.4 is 5.73 Å². The minimum atomic E-state index is -0.301. The predicted octanol–water partition coefficient (Wildman–Crippen LogP) is 1.70. The molecule has 2 N–H and O–H groups in total. The molecular weight excluding hydrogens is 162 g/mol. The van der Waals surface area contributed by atoms with Crippen LogP contribution in [0.4, 0.5) is 0 Å². The Labute approximate surface area is 77.8 Å². The monoisotopic (exact) mass is 175 g/mol. The van der Waals surface area contributed by atoms with Crippen molar-refractivity contribution in [3.8, 4) is 0 Å². The third-order valence-corrected chi connectivity index (χ3v) is 2.70. The van der Waals surface area contributed by atoms with Crippen molar-refractivity contribution in [1.82, 2.24) is 0 Å². The number of hydrogen-bond donors (Lipinski definition) is 1. The molecule has 68 valence electrons. The van der Waals surface area contributed by atoms with Gasteiger partial charge in [-0.25, -0.2) is 0 Å². The van der Waals surface area contributed by atoms with Crippen LogP contribution in [0, 0.1) is 0 Å². The van der Waals surface area contributed by atoms with Crippen LogP contribution in [0.2, 0.25) is 0 Å². The molecule has 2 heteroatoms. The van der Waals surface area contributed by atoms with Crippen molar-refractivity contribution in [1.29, 1.82) is 0 Å². The summed E-state index contributed by atoms with van der Waals surface area (Å²) in [5, 5.41) is 0. The van der Waals surface area contributed by atoms with E-state index in [1.54, 1.807) is 0 Å². The molecule has 0 aliphatic heterocycles. The van der Waals surface area contributed by atoms with E-state index in [1.165, 1.54) is 0 Å². The number of rotatable bonds is 0. The van der Waals surface area contributed by atoms with Gasteiger partial charge in [0, 0.05) is 5.56 Å². The van der Waals surface area contributed by atoms with Crippen LogP contribution in [0.1, 0.15) is 35.2 Å². The molecule has 0 saturated carbocycles. The third kappa shape index (κ3) is 1.27. The van der Waals surface area contributed by atoms with Gasteiger partial charge in [0.2, 0.25) is 0 Å². The summed E-state index contributed by atoms with van der Waals surface area (Å²) in [4.78, 5) is 11.6. The van der Waals surface area contributed by atoms with Crippen molar-refractivity contribution in [2.24, 2.45) is 5.73 Å². The normalized spacial score (nSPS) is 27.1. The minimum Gasteiger partial charge on any atom is -0.321 e. The minimum absolute atomic E-state index is 0.0914. The lowest BCUT2D eigenvalue weighted by Gasteiger charge is -2.25. The first-order chi connectivity index (χ1) is 6.20. The van der Waals surface area contributed by atoms with Crippen molar-refractivity contribution in [3.63, 3.8) is 0 Å². The fourth-order valence-corrected chi connectivity index (χ4v) is 1.97. The smallest absolute Gasteiger partial charge is 0.179 e. The maximum Gasteiger partial charge on any atom is 0.179 e. The van der Waals surface area contributed by atoms with Crippen molar-refractivity contribution in [3.05, 3.63) is 35.4 Å². The molecule has 0 aromatic heterocycles. The van der Waals surface area contributed by atoms with E-state index in [1.807, 2.05) is 24.3 Å². The lowest BCUT2D eigenvalue weighted by molar-refractivity contribution is 0.0943. The summed E-state index contributed by atoms with van der Waals surface area (Å²) >= 11 is 0. The van der Waals surface area contributed by atoms with Crippen LogP contribution in [-0.2, 0) is 0 Å². The van der Waals surface area contributed by atoms with Gasteiger partial charge in [-0.1, -0.05) is 31.2 Å². The number of benzene rings is 1. The van der Waals surface area contributed by atoms with Crippen molar-refractivity contribution < 1.29 is 4.79 Å². The molecule has 1 aliphatic carbocycles. The fraction of sp³-hybridized carbons (Fsp3) is 0.364. The molecule has 0 spiro atoms. The fourth-order valence-electron chi connectivity index (χ4n) is 1.97. The Morgan fingerprint density at radius 2 is 2.08 bits per heavy atom. The highest BCUT2D eigenvalue weighted by Gasteiger charge is 2.28. The van der Waals surface area contributed by atoms with Crippen LogP contribution in [0.15, 0.2) is 24.3 Å². The van der Waals surface area contributed by atoms with Gasteiger partial charge in [-0.3, -0.25) is 4.79 Å². The molecule has 0 amide bonds. The summed E-state index contributed by atoms with van der Waals surface area (Å²) < 4.78 is 0. The lowest BCUT2D eigenvalue weighted by Crippen LogP contribution is -2.36. The number of hydrogen-bond acceptors (Lipinski definition) is 2. The number of ketones is 1. The van der Waals surface area contributed by atoms with Crippen LogP contribution in [-0.4, -0.2) is 11.8 Å². The van der Waals surface area contributed by atoms with Gasteiger partial charge in [-0.15, -0.1) is 0 Å². The van der Waals surface area contributed by atoms with Gasteiger partial charge in [0.15, 0.2) is 5.78 Å². The van der Waals surface area contributed by atoms with E-state index < -0.39 is 0 Å². The van der Waals surface area contributed by atoms with Crippen molar-refractivity contribution >= 4 is 5.78 Å². The Morgan fingerprint density at radius 1 is 1.38 bits per heavy atom. The first-order valence-electron chi connectivity index (χ1n) is 4.59. The van der Waals surface area contributed by atoms with Crippen LogP contribution in [0.25, 0.3) is 0 Å². The van der Waals surface area contributed by atoms with E-state index in [0.29, 0.717) is 5.92 Å². The summed E-state index contributed by atoms with van der Waals surface area (Å²) in [6.45, 7) is 2.12. The number of fused-ring (bicyclic) bond motifs is 1. The van der Waals surface area contributed by atoms with E-state index in [0.717, 1.165) is 17.5 Å². The molecule has 0 unspecified atom stereocenters. The second-order valence-electron chi connectivity index (χ2n) is 3.69. The quantitative estimate of drug-likeness (QED) is 0.652. The largest absolute Gasteiger partial charge is 0.321 e. The molecule has 1 aromatic rings. The topological polar surface area (TPSA) is 43.1 Å². The van der Waals surface area contributed by atoms with Gasteiger partial charge in [-0.2, -0.15) is 0 Å². The summed E-state index contributed by atoms with van der Waals surface area (Å²) in [5.74, 6) is 0.498. The van der Waals surface area contributed by atoms with Gasteiger partial charge in [0.05, 0.1) is 6.04 Å². The van der Waals surface area contributed by atoms with Gasteiger partial charge in [0.1, 0.15) is 0 Å². The summed E-state index contributed by atoms with van der Waals surface area (Å²) in [7, 11) is 0. The Hall–Kier alpha value is -1.15. The highest BCUT2D eigenvalue weighted by molar-refractivity contribution is 6.02. The second-order valence-corrected chi connectivity index (χ2v) is 3.69. The van der Waals surface area contributed by atoms with E-state index in [2.05, 4.69) is 6.92 Å². The first kappa shape index (κ1) is 8.45. The Morgan fingerprint density at radius 3 is 2.85 bits per heavy atom. The maximum absolute atomic E-state index is 11.6. The summed E-state index contributed by atoms with van der Waals surface area (Å²) in [6, 6.07) is 7.45. The lowest BCUT2D eigenvalue weighted by atomic mass is 9.81. The molecule has 2 atom stereocenters. The molecule has 1 aromatic carbocycles. The maximum atomic E-state index is 11.6. The second kappa shape index (κ2) is 2.96. The Balaban J connectivity index is 2.54. The van der Waals surface area contributed by atoms with Crippen molar-refractivity contribution in [2.45, 2.75) is 25.3 Å². The van der Waals surface area contributed by atoms with Gasteiger partial charge >= 0.3 is 0 Å². The molecule has 13 heavy (non-hydrogen) atoms. The Kier molecular flexibility index (Phi) is 1.93. The molecular formula is C11H13NO. The van der Waals surface area contributed by atoms with E-state index >= 15 is 0 Å². The average molecular weight is 175 g/mol. The molecule has 0 heterocycles. The molecule has 2 nitrogen and oxygen atoms in total.